The number of ether oxygens (including phenoxy) is 2. The van der Waals surface area contributed by atoms with Gasteiger partial charge in [0.05, 0.1) is 18.3 Å². The molecule has 1 spiro atoms. The molecule has 3 fully saturated rings. The van der Waals surface area contributed by atoms with Gasteiger partial charge in [-0.2, -0.15) is 0 Å². The molecule has 0 radical (unpaired) electrons. The zero-order chi connectivity index (χ0) is 11.6. The zero-order valence-corrected chi connectivity index (χ0v) is 10.7. The van der Waals surface area contributed by atoms with Crippen LogP contribution in [0.1, 0.15) is 51.4 Å². The average Bonchev–Trinajstić information content (AvgIpc) is 2.99. The Hall–Kier alpha value is -0.120. The van der Waals surface area contributed by atoms with Crippen molar-refractivity contribution in [3.8, 4) is 0 Å². The van der Waals surface area contributed by atoms with Crippen molar-refractivity contribution in [3.63, 3.8) is 0 Å². The summed E-state index contributed by atoms with van der Waals surface area (Å²) in [5.41, 5.74) is 0.287. The first kappa shape index (κ1) is 11.9. The molecule has 2 unspecified atom stereocenters. The summed E-state index contributed by atoms with van der Waals surface area (Å²) in [7, 11) is 0. The smallest absolute Gasteiger partial charge is 0.0708 e. The molecule has 17 heavy (non-hydrogen) atoms. The Labute approximate surface area is 104 Å². The molecular formula is C14H25NO2. The van der Waals surface area contributed by atoms with Crippen molar-refractivity contribution in [2.75, 3.05) is 19.8 Å². The van der Waals surface area contributed by atoms with E-state index < -0.39 is 0 Å². The van der Waals surface area contributed by atoms with Gasteiger partial charge in [0.2, 0.25) is 0 Å². The molecule has 3 heteroatoms. The Bertz CT molecular complexity index is 245. The van der Waals surface area contributed by atoms with Crippen LogP contribution in [0.4, 0.5) is 0 Å². The van der Waals surface area contributed by atoms with Gasteiger partial charge in [0.15, 0.2) is 0 Å². The van der Waals surface area contributed by atoms with Crippen molar-refractivity contribution < 1.29 is 9.47 Å². The molecule has 3 aliphatic rings. The van der Waals surface area contributed by atoms with Gasteiger partial charge in [0.25, 0.3) is 0 Å². The normalized spacial score (nSPS) is 36.7. The lowest BCUT2D eigenvalue weighted by atomic mass is 9.98. The van der Waals surface area contributed by atoms with Crippen LogP contribution in [0.3, 0.4) is 0 Å². The minimum atomic E-state index is 0.287. The van der Waals surface area contributed by atoms with Crippen LogP contribution in [-0.4, -0.2) is 37.5 Å². The van der Waals surface area contributed by atoms with Crippen LogP contribution in [0.5, 0.6) is 0 Å². The standard InChI is InChI=1S/C14H25NO2/c1-2-7-14(6-1)8-5-13(17-14)10-15-12-4-3-9-16-11-12/h12-13,15H,1-11H2. The Morgan fingerprint density at radius 2 is 1.94 bits per heavy atom. The summed E-state index contributed by atoms with van der Waals surface area (Å²) in [5, 5.41) is 3.62. The van der Waals surface area contributed by atoms with E-state index >= 15 is 0 Å². The van der Waals surface area contributed by atoms with E-state index in [-0.39, 0.29) is 5.60 Å². The molecule has 0 amide bonds. The summed E-state index contributed by atoms with van der Waals surface area (Å²) in [6.07, 6.45) is 10.8. The van der Waals surface area contributed by atoms with Crippen LogP contribution in [0.25, 0.3) is 0 Å². The molecule has 0 bridgehead atoms. The molecule has 0 aromatic rings. The van der Waals surface area contributed by atoms with E-state index in [1.54, 1.807) is 0 Å². The van der Waals surface area contributed by atoms with Gasteiger partial charge >= 0.3 is 0 Å². The molecular weight excluding hydrogens is 214 g/mol. The third kappa shape index (κ3) is 2.83. The summed E-state index contributed by atoms with van der Waals surface area (Å²) in [6, 6.07) is 0.562. The maximum Gasteiger partial charge on any atom is 0.0708 e. The Morgan fingerprint density at radius 3 is 2.71 bits per heavy atom. The van der Waals surface area contributed by atoms with Crippen LogP contribution in [-0.2, 0) is 9.47 Å². The fourth-order valence-electron chi connectivity index (χ4n) is 3.63. The summed E-state index contributed by atoms with van der Waals surface area (Å²) < 4.78 is 11.8. The highest BCUT2D eigenvalue weighted by atomic mass is 16.5. The molecule has 1 N–H and O–H groups in total. The van der Waals surface area contributed by atoms with Gasteiger partial charge in [-0.1, -0.05) is 12.8 Å². The number of rotatable bonds is 3. The van der Waals surface area contributed by atoms with Gasteiger partial charge in [0, 0.05) is 19.2 Å². The Morgan fingerprint density at radius 1 is 1.06 bits per heavy atom. The van der Waals surface area contributed by atoms with Gasteiger partial charge in [0.1, 0.15) is 0 Å². The second kappa shape index (κ2) is 5.25. The van der Waals surface area contributed by atoms with E-state index in [4.69, 9.17) is 9.47 Å². The molecule has 3 nitrogen and oxygen atoms in total. The summed E-state index contributed by atoms with van der Waals surface area (Å²) >= 11 is 0. The van der Waals surface area contributed by atoms with Crippen molar-refractivity contribution in [2.45, 2.75) is 69.1 Å². The van der Waals surface area contributed by atoms with E-state index in [2.05, 4.69) is 5.32 Å². The van der Waals surface area contributed by atoms with Crippen LogP contribution in [0.15, 0.2) is 0 Å². The quantitative estimate of drug-likeness (QED) is 0.819. The average molecular weight is 239 g/mol. The highest BCUT2D eigenvalue weighted by molar-refractivity contribution is 4.93. The molecule has 1 saturated carbocycles. The lowest BCUT2D eigenvalue weighted by Gasteiger charge is -2.27. The topological polar surface area (TPSA) is 30.5 Å². The number of hydrogen-bond acceptors (Lipinski definition) is 3. The maximum atomic E-state index is 6.30. The van der Waals surface area contributed by atoms with Crippen LogP contribution < -0.4 is 5.32 Å². The minimum Gasteiger partial charge on any atom is -0.380 e. The first-order valence-electron chi connectivity index (χ1n) is 7.35. The lowest BCUT2D eigenvalue weighted by molar-refractivity contribution is -0.0378. The fourth-order valence-corrected chi connectivity index (χ4v) is 3.63. The van der Waals surface area contributed by atoms with Gasteiger partial charge in [-0.25, -0.2) is 0 Å². The summed E-state index contributed by atoms with van der Waals surface area (Å²) in [6.45, 7) is 2.86. The van der Waals surface area contributed by atoms with E-state index in [1.807, 2.05) is 0 Å². The third-order valence-electron chi connectivity index (χ3n) is 4.65. The molecule has 98 valence electrons. The van der Waals surface area contributed by atoms with Crippen molar-refractivity contribution >= 4 is 0 Å². The first-order valence-corrected chi connectivity index (χ1v) is 7.35. The van der Waals surface area contributed by atoms with Crippen molar-refractivity contribution in [1.82, 2.24) is 5.32 Å². The molecule has 0 aromatic carbocycles. The molecule has 2 atom stereocenters. The SMILES string of the molecule is C1COCC(NCC2CCC3(CCCC3)O2)C1. The zero-order valence-electron chi connectivity index (χ0n) is 10.7. The van der Waals surface area contributed by atoms with E-state index in [9.17, 15) is 0 Å². The summed E-state index contributed by atoms with van der Waals surface area (Å²) in [5.74, 6) is 0. The van der Waals surface area contributed by atoms with Gasteiger partial charge in [-0.15, -0.1) is 0 Å². The largest absolute Gasteiger partial charge is 0.380 e. The molecule has 0 aromatic heterocycles. The van der Waals surface area contributed by atoms with E-state index in [1.165, 1.54) is 51.4 Å². The van der Waals surface area contributed by atoms with Gasteiger partial charge < -0.3 is 14.8 Å². The number of hydrogen-bond donors (Lipinski definition) is 1. The third-order valence-corrected chi connectivity index (χ3v) is 4.65. The highest BCUT2D eigenvalue weighted by Gasteiger charge is 2.41. The lowest BCUT2D eigenvalue weighted by Crippen LogP contribution is -2.41. The second-order valence-electron chi connectivity index (χ2n) is 5.99. The molecule has 2 aliphatic heterocycles. The van der Waals surface area contributed by atoms with Crippen LogP contribution in [0.2, 0.25) is 0 Å². The Balaban J connectivity index is 1.41. The molecule has 2 heterocycles. The molecule has 1 aliphatic carbocycles. The van der Waals surface area contributed by atoms with Gasteiger partial charge in [-0.3, -0.25) is 0 Å². The molecule has 3 rings (SSSR count). The van der Waals surface area contributed by atoms with Crippen molar-refractivity contribution in [3.05, 3.63) is 0 Å². The van der Waals surface area contributed by atoms with E-state index in [0.29, 0.717) is 12.1 Å². The maximum absolute atomic E-state index is 6.30. The molecule has 2 saturated heterocycles. The summed E-state index contributed by atoms with van der Waals surface area (Å²) in [4.78, 5) is 0. The van der Waals surface area contributed by atoms with Crippen LogP contribution >= 0.6 is 0 Å². The highest BCUT2D eigenvalue weighted by Crippen LogP contribution is 2.43. The minimum absolute atomic E-state index is 0.287. The van der Waals surface area contributed by atoms with Crippen LogP contribution in [0, 0.1) is 0 Å². The predicted molar refractivity (Wildman–Crippen MR) is 67.1 cm³/mol. The van der Waals surface area contributed by atoms with E-state index in [0.717, 1.165) is 19.8 Å². The predicted octanol–water partition coefficient (Wildman–Crippen LogP) is 2.25. The van der Waals surface area contributed by atoms with Crippen molar-refractivity contribution in [1.29, 1.82) is 0 Å². The van der Waals surface area contributed by atoms with Gasteiger partial charge in [-0.05, 0) is 38.5 Å². The number of nitrogens with one attached hydrogen (secondary N) is 1. The monoisotopic (exact) mass is 239 g/mol. The fraction of sp³-hybridized carbons (Fsp3) is 1.00. The first-order chi connectivity index (χ1) is 8.36. The Kier molecular flexibility index (Phi) is 3.69. The van der Waals surface area contributed by atoms with Crippen molar-refractivity contribution in [2.24, 2.45) is 0 Å². The second-order valence-corrected chi connectivity index (χ2v) is 5.99.